The Hall–Kier alpha value is -2.58. The van der Waals surface area contributed by atoms with Crippen LogP contribution in [0, 0.1) is 6.92 Å². The van der Waals surface area contributed by atoms with Gasteiger partial charge in [-0.1, -0.05) is 18.2 Å². The number of H-pyrrole nitrogens is 2. The molecule has 0 unspecified atom stereocenters. The molecule has 2 aromatic heterocycles. The Morgan fingerprint density at radius 3 is 2.71 bits per heavy atom. The first-order valence-electron chi connectivity index (χ1n) is 11.0. The minimum Gasteiger partial charge on any atom is -0.358 e. The van der Waals surface area contributed by atoms with E-state index < -0.39 is 10.0 Å². The lowest BCUT2D eigenvalue weighted by molar-refractivity contribution is 0.0723. The summed E-state index contributed by atoms with van der Waals surface area (Å²) in [6.07, 6.45) is 5.34. The van der Waals surface area contributed by atoms with Crippen molar-refractivity contribution in [1.29, 1.82) is 0 Å². The van der Waals surface area contributed by atoms with E-state index in [9.17, 15) is 13.2 Å². The fourth-order valence-electron chi connectivity index (χ4n) is 4.93. The van der Waals surface area contributed by atoms with Crippen LogP contribution >= 0.6 is 0 Å². The van der Waals surface area contributed by atoms with Crippen molar-refractivity contribution in [3.05, 3.63) is 52.8 Å². The lowest BCUT2D eigenvalue weighted by atomic mass is 9.92. The zero-order chi connectivity index (χ0) is 21.6. The molecule has 1 amide bonds. The number of nitrogens with one attached hydrogen (secondary N) is 3. The van der Waals surface area contributed by atoms with Gasteiger partial charge >= 0.3 is 0 Å². The highest BCUT2D eigenvalue weighted by atomic mass is 32.2. The number of aromatic nitrogens is 2. The molecule has 1 atom stereocenters. The Kier molecular flexibility index (Phi) is 5.14. The molecule has 0 radical (unpaired) electrons. The molecule has 3 aromatic rings. The molecule has 0 saturated carbocycles. The van der Waals surface area contributed by atoms with E-state index in [-0.39, 0.29) is 17.0 Å². The maximum absolute atomic E-state index is 13.1. The minimum absolute atomic E-state index is 0.0628. The first-order valence-corrected chi connectivity index (χ1v) is 12.5. The number of amides is 1. The SMILES string of the molecule is Cc1[nH]c(S(=O)(=O)N[C@@H]2CCc3c([nH]c4ccccc34)C2)cc1C(=O)N1CCCCC1. The Morgan fingerprint density at radius 1 is 1.13 bits per heavy atom. The van der Waals surface area contributed by atoms with Crippen molar-refractivity contribution >= 4 is 26.8 Å². The lowest BCUT2D eigenvalue weighted by Gasteiger charge is -2.26. The van der Waals surface area contributed by atoms with Gasteiger partial charge in [-0.05, 0) is 56.7 Å². The number of carbonyl (C=O) groups excluding carboxylic acids is 1. The summed E-state index contributed by atoms with van der Waals surface area (Å²) < 4.78 is 29.0. The number of rotatable bonds is 4. The topological polar surface area (TPSA) is 98.1 Å². The van der Waals surface area contributed by atoms with Gasteiger partial charge < -0.3 is 14.9 Å². The number of piperidine rings is 1. The van der Waals surface area contributed by atoms with Crippen molar-refractivity contribution in [2.45, 2.75) is 56.5 Å². The van der Waals surface area contributed by atoms with Crippen molar-refractivity contribution in [3.63, 3.8) is 0 Å². The zero-order valence-corrected chi connectivity index (χ0v) is 18.5. The third-order valence-corrected chi connectivity index (χ3v) is 8.01. The average molecular weight is 441 g/mol. The van der Waals surface area contributed by atoms with Crippen molar-refractivity contribution in [3.8, 4) is 0 Å². The van der Waals surface area contributed by atoms with Crippen LogP contribution in [0.5, 0.6) is 0 Å². The Labute approximate surface area is 182 Å². The number of fused-ring (bicyclic) bond motifs is 3. The van der Waals surface area contributed by atoms with Crippen molar-refractivity contribution in [1.82, 2.24) is 19.6 Å². The van der Waals surface area contributed by atoms with Crippen LogP contribution in [-0.4, -0.2) is 48.3 Å². The second-order valence-electron chi connectivity index (χ2n) is 8.71. The van der Waals surface area contributed by atoms with Crippen LogP contribution in [0.2, 0.25) is 0 Å². The van der Waals surface area contributed by atoms with Gasteiger partial charge in [0.25, 0.3) is 15.9 Å². The summed E-state index contributed by atoms with van der Waals surface area (Å²) >= 11 is 0. The molecule has 1 aromatic carbocycles. The van der Waals surface area contributed by atoms with Crippen molar-refractivity contribution in [2.24, 2.45) is 0 Å². The van der Waals surface area contributed by atoms with Crippen LogP contribution in [0.1, 0.15) is 53.0 Å². The zero-order valence-electron chi connectivity index (χ0n) is 17.7. The Balaban J connectivity index is 1.33. The Morgan fingerprint density at radius 2 is 1.90 bits per heavy atom. The summed E-state index contributed by atoms with van der Waals surface area (Å²) in [5.74, 6) is -0.0877. The number of aryl methyl sites for hydroxylation is 2. The summed E-state index contributed by atoms with van der Waals surface area (Å²) in [5, 5.41) is 1.28. The number of aromatic amines is 2. The van der Waals surface area contributed by atoms with E-state index >= 15 is 0 Å². The average Bonchev–Trinajstić information content (AvgIpc) is 3.34. The van der Waals surface area contributed by atoms with Gasteiger partial charge in [0.15, 0.2) is 0 Å². The molecule has 2 aliphatic rings. The van der Waals surface area contributed by atoms with Crippen LogP contribution in [0.15, 0.2) is 35.4 Å². The molecule has 0 bridgehead atoms. The summed E-state index contributed by atoms with van der Waals surface area (Å²) in [6.45, 7) is 3.23. The third kappa shape index (κ3) is 3.78. The highest BCUT2D eigenvalue weighted by Gasteiger charge is 2.29. The number of sulfonamides is 1. The van der Waals surface area contributed by atoms with Gasteiger partial charge in [-0.25, -0.2) is 13.1 Å². The number of carbonyl (C=O) groups is 1. The molecule has 1 saturated heterocycles. The molecular weight excluding hydrogens is 412 g/mol. The van der Waals surface area contributed by atoms with Crippen LogP contribution in [-0.2, 0) is 22.9 Å². The van der Waals surface area contributed by atoms with Crippen molar-refractivity contribution < 1.29 is 13.2 Å². The highest BCUT2D eigenvalue weighted by Crippen LogP contribution is 2.29. The van der Waals surface area contributed by atoms with Crippen LogP contribution in [0.3, 0.4) is 0 Å². The number of nitrogens with zero attached hydrogens (tertiary/aromatic N) is 1. The summed E-state index contributed by atoms with van der Waals surface area (Å²) in [7, 11) is -3.75. The molecule has 0 spiro atoms. The molecule has 164 valence electrons. The molecule has 5 rings (SSSR count). The summed E-state index contributed by atoms with van der Waals surface area (Å²) in [5.41, 5.74) is 4.53. The molecule has 31 heavy (non-hydrogen) atoms. The van der Waals surface area contributed by atoms with E-state index in [1.54, 1.807) is 6.92 Å². The third-order valence-electron chi connectivity index (χ3n) is 6.57. The predicted octanol–water partition coefficient (Wildman–Crippen LogP) is 3.27. The quantitative estimate of drug-likeness (QED) is 0.581. The fraction of sp³-hybridized carbons (Fsp3) is 0.435. The van der Waals surface area contributed by atoms with E-state index in [1.165, 1.54) is 17.0 Å². The van der Waals surface area contributed by atoms with E-state index in [4.69, 9.17) is 0 Å². The number of hydrogen-bond acceptors (Lipinski definition) is 3. The van der Waals surface area contributed by atoms with Crippen LogP contribution < -0.4 is 4.72 Å². The molecule has 1 fully saturated rings. The largest absolute Gasteiger partial charge is 0.358 e. The molecule has 7 nitrogen and oxygen atoms in total. The van der Waals surface area contributed by atoms with Crippen LogP contribution in [0.25, 0.3) is 10.9 Å². The smallest absolute Gasteiger partial charge is 0.256 e. The number of benzene rings is 1. The Bertz CT molecular complexity index is 1230. The second-order valence-corrected chi connectivity index (χ2v) is 10.4. The number of likely N-dealkylation sites (tertiary alicyclic amines) is 1. The van der Waals surface area contributed by atoms with Crippen molar-refractivity contribution in [2.75, 3.05) is 13.1 Å². The molecular formula is C23H28N4O3S. The maximum Gasteiger partial charge on any atom is 0.256 e. The van der Waals surface area contributed by atoms with E-state index in [0.29, 0.717) is 17.7 Å². The standard InChI is InChI=1S/C23H28N4O3S/c1-15-19(23(28)27-11-5-2-6-12-27)14-22(24-15)31(29,30)26-16-9-10-18-17-7-3-4-8-20(17)25-21(18)13-16/h3-4,7-8,14,16,24-26H,2,5-6,9-13H2,1H3/t16-/m1/s1. The first-order chi connectivity index (χ1) is 14.9. The van der Waals surface area contributed by atoms with Gasteiger partial charge in [-0.15, -0.1) is 0 Å². The molecule has 8 heteroatoms. The van der Waals surface area contributed by atoms with E-state index in [0.717, 1.165) is 56.4 Å². The van der Waals surface area contributed by atoms with E-state index in [1.807, 2.05) is 17.0 Å². The first kappa shape index (κ1) is 20.3. The second kappa shape index (κ2) is 7.84. The fourth-order valence-corrected chi connectivity index (χ4v) is 6.26. The van der Waals surface area contributed by atoms with Gasteiger partial charge in [0.2, 0.25) is 0 Å². The molecule has 3 N–H and O–H groups in total. The summed E-state index contributed by atoms with van der Waals surface area (Å²) in [4.78, 5) is 21.1. The van der Waals surface area contributed by atoms with Gasteiger partial charge in [0, 0.05) is 47.8 Å². The van der Waals surface area contributed by atoms with Crippen LogP contribution in [0.4, 0.5) is 0 Å². The van der Waals surface area contributed by atoms with Gasteiger partial charge in [-0.3, -0.25) is 4.79 Å². The summed E-state index contributed by atoms with van der Waals surface area (Å²) in [6, 6.07) is 9.50. The minimum atomic E-state index is -3.75. The molecule has 3 heterocycles. The van der Waals surface area contributed by atoms with Gasteiger partial charge in [-0.2, -0.15) is 0 Å². The highest BCUT2D eigenvalue weighted by molar-refractivity contribution is 7.89. The number of para-hydroxylation sites is 1. The lowest BCUT2D eigenvalue weighted by Crippen LogP contribution is -2.39. The van der Waals surface area contributed by atoms with E-state index in [2.05, 4.69) is 26.8 Å². The van der Waals surface area contributed by atoms with Gasteiger partial charge in [0.05, 0.1) is 5.56 Å². The number of hydrogen-bond donors (Lipinski definition) is 3. The monoisotopic (exact) mass is 440 g/mol. The van der Waals surface area contributed by atoms with Gasteiger partial charge in [0.1, 0.15) is 5.03 Å². The molecule has 1 aliphatic heterocycles. The normalized spacial score (nSPS) is 19.5. The predicted molar refractivity (Wildman–Crippen MR) is 120 cm³/mol. The maximum atomic E-state index is 13.1. The molecule has 1 aliphatic carbocycles.